The second kappa shape index (κ2) is 9.31. The van der Waals surface area contributed by atoms with Crippen LogP contribution in [0.4, 0.5) is 11.4 Å². The predicted molar refractivity (Wildman–Crippen MR) is 134 cm³/mol. The van der Waals surface area contributed by atoms with Crippen molar-refractivity contribution in [2.45, 2.75) is 26.8 Å². The van der Waals surface area contributed by atoms with Gasteiger partial charge in [-0.05, 0) is 59.7 Å². The Bertz CT molecular complexity index is 1460. The number of non-ortho nitro benzene ring substituents is 1. The number of para-hydroxylation sites is 1. The van der Waals surface area contributed by atoms with E-state index in [9.17, 15) is 19.7 Å². The molecule has 0 saturated carbocycles. The SMILES string of the molecule is CCc1ccc(N(C)C(=O)c2cc3ccccc3n(Cc3ccc([N+](=O)[O-])cc3C)c2=O)cc1. The van der Waals surface area contributed by atoms with E-state index in [0.717, 1.165) is 22.9 Å². The summed E-state index contributed by atoms with van der Waals surface area (Å²) in [6.45, 7) is 4.03. The van der Waals surface area contributed by atoms with Gasteiger partial charge in [-0.2, -0.15) is 0 Å². The summed E-state index contributed by atoms with van der Waals surface area (Å²) in [6, 6.07) is 21.3. The molecule has 0 N–H and O–H groups in total. The van der Waals surface area contributed by atoms with E-state index in [1.165, 1.54) is 17.0 Å². The fourth-order valence-electron chi connectivity index (χ4n) is 4.03. The Kier molecular flexibility index (Phi) is 6.27. The molecule has 7 heteroatoms. The first-order valence-electron chi connectivity index (χ1n) is 11.0. The molecule has 1 aromatic heterocycles. The maximum atomic E-state index is 13.6. The van der Waals surface area contributed by atoms with E-state index in [-0.39, 0.29) is 17.8 Å². The highest BCUT2D eigenvalue weighted by molar-refractivity contribution is 6.07. The minimum Gasteiger partial charge on any atom is -0.311 e. The summed E-state index contributed by atoms with van der Waals surface area (Å²) >= 11 is 0. The van der Waals surface area contributed by atoms with E-state index in [4.69, 9.17) is 0 Å². The molecule has 0 spiro atoms. The Hall–Kier alpha value is -4.26. The van der Waals surface area contributed by atoms with E-state index >= 15 is 0 Å². The number of nitrogens with zero attached hydrogens (tertiary/aromatic N) is 3. The lowest BCUT2D eigenvalue weighted by atomic mass is 10.1. The first-order valence-corrected chi connectivity index (χ1v) is 11.0. The van der Waals surface area contributed by atoms with Crippen molar-refractivity contribution >= 4 is 28.2 Å². The number of hydrogen-bond acceptors (Lipinski definition) is 4. The van der Waals surface area contributed by atoms with Gasteiger partial charge in [0.15, 0.2) is 0 Å². The van der Waals surface area contributed by atoms with Gasteiger partial charge >= 0.3 is 0 Å². The van der Waals surface area contributed by atoms with Crippen LogP contribution in [-0.2, 0) is 13.0 Å². The van der Waals surface area contributed by atoms with Crippen LogP contribution in [0.1, 0.15) is 34.0 Å². The summed E-state index contributed by atoms with van der Waals surface area (Å²) in [7, 11) is 1.66. The average molecular weight is 456 g/mol. The van der Waals surface area contributed by atoms with Gasteiger partial charge in [-0.3, -0.25) is 19.7 Å². The van der Waals surface area contributed by atoms with Gasteiger partial charge in [0.1, 0.15) is 5.56 Å². The van der Waals surface area contributed by atoms with Crippen LogP contribution in [0.3, 0.4) is 0 Å². The summed E-state index contributed by atoms with van der Waals surface area (Å²) in [5.74, 6) is -0.394. The maximum Gasteiger partial charge on any atom is 0.269 e. The minimum absolute atomic E-state index is 0.00176. The van der Waals surface area contributed by atoms with Crippen molar-refractivity contribution in [3.8, 4) is 0 Å². The third-order valence-electron chi connectivity index (χ3n) is 6.14. The van der Waals surface area contributed by atoms with E-state index in [1.807, 2.05) is 48.5 Å². The van der Waals surface area contributed by atoms with Crippen LogP contribution < -0.4 is 10.5 Å². The molecule has 172 valence electrons. The number of aromatic nitrogens is 1. The number of amides is 1. The second-order valence-corrected chi connectivity index (χ2v) is 8.26. The normalized spacial score (nSPS) is 10.9. The Morgan fingerprint density at radius 1 is 1.03 bits per heavy atom. The van der Waals surface area contributed by atoms with Crippen LogP contribution in [0.25, 0.3) is 10.9 Å². The number of carbonyl (C=O) groups excluding carboxylic acids is 1. The van der Waals surface area contributed by atoms with E-state index < -0.39 is 16.4 Å². The standard InChI is InChI=1S/C27H25N3O4/c1-4-19-9-12-22(13-10-19)28(3)26(31)24-16-20-7-5-6-8-25(20)29(27(24)32)17-21-11-14-23(30(33)34)15-18(21)2/h5-16H,4,17H2,1-3H3. The largest absolute Gasteiger partial charge is 0.311 e. The lowest BCUT2D eigenvalue weighted by Crippen LogP contribution is -2.34. The lowest BCUT2D eigenvalue weighted by Gasteiger charge is -2.19. The summed E-state index contributed by atoms with van der Waals surface area (Å²) in [5.41, 5.74) is 3.69. The average Bonchev–Trinajstić information content (AvgIpc) is 2.85. The van der Waals surface area contributed by atoms with Crippen molar-refractivity contribution in [1.29, 1.82) is 0 Å². The maximum absolute atomic E-state index is 13.6. The molecule has 0 fully saturated rings. The smallest absolute Gasteiger partial charge is 0.269 e. The molecule has 1 heterocycles. The highest BCUT2D eigenvalue weighted by Crippen LogP contribution is 2.22. The molecule has 3 aromatic carbocycles. The molecule has 4 aromatic rings. The van der Waals surface area contributed by atoms with Gasteiger partial charge < -0.3 is 9.47 Å². The van der Waals surface area contributed by atoms with Crippen LogP contribution in [-0.4, -0.2) is 22.4 Å². The van der Waals surface area contributed by atoms with Crippen LogP contribution in [0, 0.1) is 17.0 Å². The summed E-state index contributed by atoms with van der Waals surface area (Å²) in [4.78, 5) is 39.1. The zero-order valence-corrected chi connectivity index (χ0v) is 19.3. The molecular weight excluding hydrogens is 430 g/mol. The van der Waals surface area contributed by atoms with Gasteiger partial charge in [-0.15, -0.1) is 0 Å². The molecule has 0 unspecified atom stereocenters. The zero-order chi connectivity index (χ0) is 24.4. The number of fused-ring (bicyclic) bond motifs is 1. The van der Waals surface area contributed by atoms with Gasteiger partial charge in [0.25, 0.3) is 17.2 Å². The van der Waals surface area contributed by atoms with Crippen LogP contribution in [0.5, 0.6) is 0 Å². The number of hydrogen-bond donors (Lipinski definition) is 0. The zero-order valence-electron chi connectivity index (χ0n) is 19.3. The third-order valence-corrected chi connectivity index (χ3v) is 6.14. The number of aryl methyl sites for hydroxylation is 2. The molecule has 4 rings (SSSR count). The Labute approximate surface area is 197 Å². The van der Waals surface area contributed by atoms with Crippen molar-refractivity contribution in [1.82, 2.24) is 4.57 Å². The van der Waals surface area contributed by atoms with Crippen molar-refractivity contribution in [2.24, 2.45) is 0 Å². The Morgan fingerprint density at radius 2 is 1.74 bits per heavy atom. The second-order valence-electron chi connectivity index (χ2n) is 8.26. The number of rotatable bonds is 6. The van der Waals surface area contributed by atoms with E-state index in [0.29, 0.717) is 16.8 Å². The van der Waals surface area contributed by atoms with Gasteiger partial charge in [-0.25, -0.2) is 0 Å². The highest BCUT2D eigenvalue weighted by Gasteiger charge is 2.21. The molecule has 7 nitrogen and oxygen atoms in total. The van der Waals surface area contributed by atoms with E-state index in [2.05, 4.69) is 6.92 Å². The highest BCUT2D eigenvalue weighted by atomic mass is 16.6. The Morgan fingerprint density at radius 3 is 2.38 bits per heavy atom. The molecule has 0 atom stereocenters. The molecule has 0 radical (unpaired) electrons. The molecule has 34 heavy (non-hydrogen) atoms. The number of carbonyl (C=O) groups is 1. The van der Waals surface area contributed by atoms with Gasteiger partial charge in [-0.1, -0.05) is 43.3 Å². The number of pyridine rings is 1. The van der Waals surface area contributed by atoms with Gasteiger partial charge in [0.05, 0.1) is 17.0 Å². The number of nitro groups is 1. The third kappa shape index (κ3) is 4.32. The molecule has 0 aliphatic carbocycles. The van der Waals surface area contributed by atoms with Crippen LogP contribution >= 0.6 is 0 Å². The minimum atomic E-state index is -0.444. The van der Waals surface area contributed by atoms with Crippen LogP contribution in [0.2, 0.25) is 0 Å². The fourth-order valence-corrected chi connectivity index (χ4v) is 4.03. The van der Waals surface area contributed by atoms with Crippen molar-refractivity contribution in [3.05, 3.63) is 116 Å². The van der Waals surface area contributed by atoms with Crippen molar-refractivity contribution < 1.29 is 9.72 Å². The molecular formula is C27H25N3O4. The van der Waals surface area contributed by atoms with Crippen molar-refractivity contribution in [3.63, 3.8) is 0 Å². The molecule has 0 bridgehead atoms. The molecule has 0 aliphatic heterocycles. The van der Waals surface area contributed by atoms with Gasteiger partial charge in [0, 0.05) is 24.9 Å². The number of anilines is 1. The van der Waals surface area contributed by atoms with Gasteiger partial charge in [0.2, 0.25) is 0 Å². The number of benzene rings is 3. The van der Waals surface area contributed by atoms with Crippen LogP contribution in [0.15, 0.2) is 77.6 Å². The monoisotopic (exact) mass is 455 g/mol. The summed E-state index contributed by atoms with van der Waals surface area (Å²) < 4.78 is 1.56. The van der Waals surface area contributed by atoms with E-state index in [1.54, 1.807) is 30.7 Å². The number of nitro benzene ring substituents is 1. The summed E-state index contributed by atoms with van der Waals surface area (Å²) in [5, 5.41) is 11.9. The predicted octanol–water partition coefficient (Wildman–Crippen LogP) is 5.11. The summed E-state index contributed by atoms with van der Waals surface area (Å²) in [6.07, 6.45) is 0.898. The van der Waals surface area contributed by atoms with Crippen molar-refractivity contribution in [2.75, 3.05) is 11.9 Å². The Balaban J connectivity index is 1.79. The molecule has 0 saturated heterocycles. The quantitative estimate of drug-likeness (QED) is 0.299. The molecule has 0 aliphatic rings. The molecule has 1 amide bonds. The first kappa shape index (κ1) is 22.9. The first-order chi connectivity index (χ1) is 16.3. The lowest BCUT2D eigenvalue weighted by molar-refractivity contribution is -0.384. The fraction of sp³-hybridized carbons (Fsp3) is 0.185. The topological polar surface area (TPSA) is 85.4 Å².